The SMILES string of the molecule is COC(=O)NC=CC#N. The molecule has 48 valence electrons. The summed E-state index contributed by atoms with van der Waals surface area (Å²) in [4.78, 5) is 10.2. The van der Waals surface area contributed by atoms with Crippen LogP contribution in [0.3, 0.4) is 0 Å². The minimum atomic E-state index is -0.582. The Kier molecular flexibility index (Phi) is 3.88. The maximum atomic E-state index is 10.2. The fourth-order valence-electron chi connectivity index (χ4n) is 0.206. The van der Waals surface area contributed by atoms with Gasteiger partial charge in [-0.3, -0.25) is 5.32 Å². The van der Waals surface area contributed by atoms with E-state index in [-0.39, 0.29) is 0 Å². The molecule has 0 aromatic heterocycles. The molecule has 0 bridgehead atoms. The van der Waals surface area contributed by atoms with Crippen molar-refractivity contribution in [3.8, 4) is 6.07 Å². The van der Waals surface area contributed by atoms with Gasteiger partial charge in [-0.15, -0.1) is 0 Å². The highest BCUT2D eigenvalue weighted by molar-refractivity contribution is 5.68. The van der Waals surface area contributed by atoms with Crippen LogP contribution in [0.15, 0.2) is 12.3 Å². The van der Waals surface area contributed by atoms with Gasteiger partial charge in [0.05, 0.1) is 13.2 Å². The van der Waals surface area contributed by atoms with Crippen LogP contribution < -0.4 is 5.32 Å². The zero-order chi connectivity index (χ0) is 7.11. The van der Waals surface area contributed by atoms with E-state index in [0.717, 1.165) is 6.08 Å². The summed E-state index contributed by atoms with van der Waals surface area (Å²) in [6, 6.07) is 1.70. The molecule has 0 saturated heterocycles. The number of nitrogens with zero attached hydrogens (tertiary/aromatic N) is 1. The summed E-state index contributed by atoms with van der Waals surface area (Å²) in [5, 5.41) is 10.1. The second-order valence-electron chi connectivity index (χ2n) is 1.10. The van der Waals surface area contributed by atoms with Crippen molar-refractivity contribution in [2.24, 2.45) is 0 Å². The molecule has 1 N–H and O–H groups in total. The molecule has 0 aliphatic carbocycles. The second-order valence-corrected chi connectivity index (χ2v) is 1.10. The molecule has 0 rings (SSSR count). The Morgan fingerprint density at radius 3 is 3.00 bits per heavy atom. The Morgan fingerprint density at radius 1 is 1.89 bits per heavy atom. The van der Waals surface area contributed by atoms with E-state index in [2.05, 4.69) is 10.1 Å². The first-order chi connectivity index (χ1) is 4.31. The van der Waals surface area contributed by atoms with E-state index >= 15 is 0 Å². The van der Waals surface area contributed by atoms with E-state index in [1.165, 1.54) is 13.3 Å². The predicted molar refractivity (Wildman–Crippen MR) is 30.3 cm³/mol. The second kappa shape index (κ2) is 4.65. The molecular formula is C5H6N2O2. The average molecular weight is 126 g/mol. The van der Waals surface area contributed by atoms with Crippen LogP contribution in [0.5, 0.6) is 0 Å². The Labute approximate surface area is 52.7 Å². The number of allylic oxidation sites excluding steroid dienone is 1. The van der Waals surface area contributed by atoms with Gasteiger partial charge in [-0.25, -0.2) is 4.79 Å². The molecule has 9 heavy (non-hydrogen) atoms. The Hall–Kier alpha value is -1.50. The predicted octanol–water partition coefficient (Wildman–Crippen LogP) is 0.380. The lowest BCUT2D eigenvalue weighted by molar-refractivity contribution is 0.175. The fourth-order valence-corrected chi connectivity index (χ4v) is 0.206. The minimum absolute atomic E-state index is 0.582. The lowest BCUT2D eigenvalue weighted by atomic mass is 10.7. The number of nitriles is 1. The first-order valence-electron chi connectivity index (χ1n) is 2.20. The molecule has 0 spiro atoms. The zero-order valence-electron chi connectivity index (χ0n) is 4.92. The average Bonchev–Trinajstić information content (AvgIpc) is 1.89. The number of hydrogen-bond donors (Lipinski definition) is 1. The van der Waals surface area contributed by atoms with Crippen LogP contribution >= 0.6 is 0 Å². The Bertz CT molecular complexity index is 157. The molecule has 0 aliphatic rings. The molecule has 0 radical (unpaired) electrons. The standard InChI is InChI=1S/C5H6N2O2/c1-9-5(8)7-4-2-3-6/h2,4H,1H3,(H,7,8). The summed E-state index contributed by atoms with van der Waals surface area (Å²) >= 11 is 0. The number of nitrogens with one attached hydrogen (secondary N) is 1. The molecule has 1 amide bonds. The molecule has 0 aliphatic heterocycles. The normalized spacial score (nSPS) is 8.44. The van der Waals surface area contributed by atoms with Crippen molar-refractivity contribution in [1.29, 1.82) is 5.26 Å². The largest absolute Gasteiger partial charge is 0.453 e. The number of ether oxygens (including phenoxy) is 1. The van der Waals surface area contributed by atoms with Gasteiger partial charge in [-0.05, 0) is 0 Å². The van der Waals surface area contributed by atoms with Crippen LogP contribution in [-0.4, -0.2) is 13.2 Å². The van der Waals surface area contributed by atoms with Crippen LogP contribution in [-0.2, 0) is 4.74 Å². The van der Waals surface area contributed by atoms with Gasteiger partial charge in [0.15, 0.2) is 0 Å². The topological polar surface area (TPSA) is 62.1 Å². The van der Waals surface area contributed by atoms with Gasteiger partial charge in [0.25, 0.3) is 0 Å². The highest BCUT2D eigenvalue weighted by Gasteiger charge is 1.88. The number of carbonyl (C=O) groups is 1. The van der Waals surface area contributed by atoms with Crippen LogP contribution in [0.1, 0.15) is 0 Å². The maximum absolute atomic E-state index is 10.2. The van der Waals surface area contributed by atoms with Gasteiger partial charge in [-0.1, -0.05) is 0 Å². The van der Waals surface area contributed by atoms with Crippen LogP contribution in [0.25, 0.3) is 0 Å². The first kappa shape index (κ1) is 7.50. The maximum Gasteiger partial charge on any atom is 0.410 e. The number of alkyl carbamates (subject to hydrolysis) is 1. The Balaban J connectivity index is 3.41. The number of carbonyl (C=O) groups excluding carboxylic acids is 1. The third-order valence-corrected chi connectivity index (χ3v) is 0.544. The molecule has 4 nitrogen and oxygen atoms in total. The number of amides is 1. The van der Waals surface area contributed by atoms with Gasteiger partial charge in [0.1, 0.15) is 0 Å². The third-order valence-electron chi connectivity index (χ3n) is 0.544. The van der Waals surface area contributed by atoms with E-state index in [1.807, 2.05) is 0 Å². The van der Waals surface area contributed by atoms with Gasteiger partial charge in [0.2, 0.25) is 0 Å². The van der Waals surface area contributed by atoms with Crippen molar-refractivity contribution in [2.75, 3.05) is 7.11 Å². The highest BCUT2D eigenvalue weighted by atomic mass is 16.5. The molecular weight excluding hydrogens is 120 g/mol. The summed E-state index contributed by atoms with van der Waals surface area (Å²) in [6.07, 6.45) is 1.75. The summed E-state index contributed by atoms with van der Waals surface area (Å²) in [7, 11) is 1.25. The van der Waals surface area contributed by atoms with E-state index in [0.29, 0.717) is 0 Å². The summed E-state index contributed by atoms with van der Waals surface area (Å²) in [5.41, 5.74) is 0. The molecule has 0 atom stereocenters. The van der Waals surface area contributed by atoms with E-state index in [4.69, 9.17) is 5.26 Å². The quantitative estimate of drug-likeness (QED) is 0.516. The molecule has 0 saturated carbocycles. The number of hydrogen-bond acceptors (Lipinski definition) is 3. The van der Waals surface area contributed by atoms with Gasteiger partial charge >= 0.3 is 6.09 Å². The third kappa shape index (κ3) is 4.35. The van der Waals surface area contributed by atoms with Crippen molar-refractivity contribution in [2.45, 2.75) is 0 Å². The van der Waals surface area contributed by atoms with Gasteiger partial charge in [-0.2, -0.15) is 5.26 Å². The zero-order valence-corrected chi connectivity index (χ0v) is 4.92. The summed E-state index contributed by atoms with van der Waals surface area (Å²) < 4.78 is 4.19. The fraction of sp³-hybridized carbons (Fsp3) is 0.200. The van der Waals surface area contributed by atoms with E-state index < -0.39 is 6.09 Å². The van der Waals surface area contributed by atoms with Crippen molar-refractivity contribution in [3.63, 3.8) is 0 Å². The van der Waals surface area contributed by atoms with Crippen molar-refractivity contribution < 1.29 is 9.53 Å². The molecule has 0 fully saturated rings. The summed E-state index contributed by atoms with van der Waals surface area (Å²) in [6.45, 7) is 0. The highest BCUT2D eigenvalue weighted by Crippen LogP contribution is 1.69. The lowest BCUT2D eigenvalue weighted by Gasteiger charge is -1.92. The van der Waals surface area contributed by atoms with Crippen LogP contribution in [0, 0.1) is 11.3 Å². The van der Waals surface area contributed by atoms with Crippen molar-refractivity contribution >= 4 is 6.09 Å². The van der Waals surface area contributed by atoms with Gasteiger partial charge in [0, 0.05) is 12.3 Å². The van der Waals surface area contributed by atoms with Crippen molar-refractivity contribution in [1.82, 2.24) is 5.32 Å². The monoisotopic (exact) mass is 126 g/mol. The van der Waals surface area contributed by atoms with Crippen molar-refractivity contribution in [3.05, 3.63) is 12.3 Å². The van der Waals surface area contributed by atoms with Gasteiger partial charge < -0.3 is 4.74 Å². The van der Waals surface area contributed by atoms with E-state index in [1.54, 1.807) is 6.07 Å². The first-order valence-corrected chi connectivity index (χ1v) is 2.20. The smallest absolute Gasteiger partial charge is 0.410 e. The Morgan fingerprint density at radius 2 is 2.56 bits per heavy atom. The van der Waals surface area contributed by atoms with Crippen LogP contribution in [0.2, 0.25) is 0 Å². The molecule has 4 heteroatoms. The molecule has 0 aromatic rings. The number of rotatable bonds is 1. The summed E-state index contributed by atoms with van der Waals surface area (Å²) in [5.74, 6) is 0. The molecule has 0 unspecified atom stereocenters. The van der Waals surface area contributed by atoms with Crippen LogP contribution in [0.4, 0.5) is 4.79 Å². The lowest BCUT2D eigenvalue weighted by Crippen LogP contribution is -2.15. The molecule has 0 heterocycles. The van der Waals surface area contributed by atoms with E-state index in [9.17, 15) is 4.79 Å². The number of methoxy groups -OCH3 is 1. The minimum Gasteiger partial charge on any atom is -0.453 e. The molecule has 0 aromatic carbocycles.